The molecule has 0 bridgehead atoms. The summed E-state index contributed by atoms with van der Waals surface area (Å²) in [5.41, 5.74) is 1.59. The van der Waals surface area contributed by atoms with Gasteiger partial charge in [-0.3, -0.25) is 4.79 Å². The van der Waals surface area contributed by atoms with Crippen LogP contribution in [0.25, 0.3) is 0 Å². The number of methoxy groups -OCH3 is 1. The summed E-state index contributed by atoms with van der Waals surface area (Å²) >= 11 is 6.78. The Balaban J connectivity index is 2.16. The molecule has 2 aromatic carbocycles. The lowest BCUT2D eigenvalue weighted by atomic mass is 10.1. The first-order valence-electron chi connectivity index (χ1n) is 6.41. The zero-order valence-electron chi connectivity index (χ0n) is 11.7. The fourth-order valence-corrected chi connectivity index (χ4v) is 2.73. The van der Waals surface area contributed by atoms with E-state index in [2.05, 4.69) is 37.2 Å². The molecule has 1 unspecified atom stereocenters. The summed E-state index contributed by atoms with van der Waals surface area (Å²) in [6.07, 6.45) is 0. The van der Waals surface area contributed by atoms with Crippen molar-refractivity contribution in [3.63, 3.8) is 0 Å². The Morgan fingerprint density at radius 3 is 2.67 bits per heavy atom. The van der Waals surface area contributed by atoms with Gasteiger partial charge in [-0.2, -0.15) is 0 Å². The van der Waals surface area contributed by atoms with E-state index in [0.717, 1.165) is 20.3 Å². The van der Waals surface area contributed by atoms with Crippen molar-refractivity contribution in [2.45, 2.75) is 13.0 Å². The number of benzene rings is 2. The minimum Gasteiger partial charge on any atom is -0.497 e. The third kappa shape index (κ3) is 4.08. The Hall–Kier alpha value is -1.33. The molecule has 0 radical (unpaired) electrons. The van der Waals surface area contributed by atoms with Gasteiger partial charge in [0.2, 0.25) is 0 Å². The lowest BCUT2D eigenvalue weighted by Gasteiger charge is -2.16. The second-order valence-corrected chi connectivity index (χ2v) is 6.37. The van der Waals surface area contributed by atoms with E-state index < -0.39 is 0 Å². The molecule has 2 aromatic rings. The summed E-state index contributed by atoms with van der Waals surface area (Å²) in [6, 6.07) is 13.1. The van der Waals surface area contributed by atoms with E-state index in [4.69, 9.17) is 4.74 Å². The Kier molecular flexibility index (Phi) is 5.42. The summed E-state index contributed by atoms with van der Waals surface area (Å²) in [7, 11) is 1.63. The van der Waals surface area contributed by atoms with E-state index in [9.17, 15) is 4.79 Å². The highest BCUT2D eigenvalue weighted by Crippen LogP contribution is 2.23. The molecule has 21 heavy (non-hydrogen) atoms. The minimum absolute atomic E-state index is 0.113. The summed E-state index contributed by atoms with van der Waals surface area (Å²) in [4.78, 5) is 12.4. The normalized spacial score (nSPS) is 11.8. The van der Waals surface area contributed by atoms with Crippen LogP contribution in [0.5, 0.6) is 5.75 Å². The molecular formula is C16H15Br2NO2. The molecule has 0 fully saturated rings. The summed E-state index contributed by atoms with van der Waals surface area (Å²) < 4.78 is 6.83. The molecule has 3 nitrogen and oxygen atoms in total. The molecule has 0 aliphatic rings. The van der Waals surface area contributed by atoms with Crippen LogP contribution >= 0.6 is 31.9 Å². The molecule has 1 N–H and O–H groups in total. The number of rotatable bonds is 4. The lowest BCUT2D eigenvalue weighted by Crippen LogP contribution is -2.27. The van der Waals surface area contributed by atoms with Crippen LogP contribution in [0.15, 0.2) is 51.4 Å². The predicted octanol–water partition coefficient (Wildman–Crippen LogP) is 4.71. The maximum atomic E-state index is 12.4. The molecule has 0 aliphatic heterocycles. The lowest BCUT2D eigenvalue weighted by molar-refractivity contribution is 0.0939. The van der Waals surface area contributed by atoms with E-state index in [1.54, 1.807) is 13.2 Å². The SMILES string of the molecule is COc1cccc(C(C)NC(=O)c2cc(Br)ccc2Br)c1. The second-order valence-electron chi connectivity index (χ2n) is 4.60. The van der Waals surface area contributed by atoms with Gasteiger partial charge < -0.3 is 10.1 Å². The van der Waals surface area contributed by atoms with Gasteiger partial charge in [-0.15, -0.1) is 0 Å². The molecule has 1 amide bonds. The largest absolute Gasteiger partial charge is 0.497 e. The smallest absolute Gasteiger partial charge is 0.252 e. The maximum absolute atomic E-state index is 12.4. The van der Waals surface area contributed by atoms with Gasteiger partial charge in [0.15, 0.2) is 0 Å². The third-order valence-corrected chi connectivity index (χ3v) is 4.30. The second kappa shape index (κ2) is 7.09. The van der Waals surface area contributed by atoms with Crippen molar-refractivity contribution >= 4 is 37.8 Å². The maximum Gasteiger partial charge on any atom is 0.252 e. The quantitative estimate of drug-likeness (QED) is 0.789. The van der Waals surface area contributed by atoms with Crippen LogP contribution in [0, 0.1) is 0 Å². The molecule has 2 rings (SSSR count). The third-order valence-electron chi connectivity index (χ3n) is 3.11. The van der Waals surface area contributed by atoms with E-state index in [0.29, 0.717) is 5.56 Å². The standard InChI is InChI=1S/C16H15Br2NO2/c1-10(11-4-3-5-13(8-11)21-2)19-16(20)14-9-12(17)6-7-15(14)18/h3-10H,1-2H3,(H,19,20). The molecule has 0 saturated heterocycles. The highest BCUT2D eigenvalue weighted by molar-refractivity contribution is 9.11. The minimum atomic E-state index is -0.126. The highest BCUT2D eigenvalue weighted by Gasteiger charge is 2.14. The fourth-order valence-electron chi connectivity index (χ4n) is 1.94. The molecule has 1 atom stereocenters. The van der Waals surface area contributed by atoms with Crippen LogP contribution in [0.3, 0.4) is 0 Å². The topological polar surface area (TPSA) is 38.3 Å². The van der Waals surface area contributed by atoms with Gasteiger partial charge in [0.05, 0.1) is 18.7 Å². The van der Waals surface area contributed by atoms with Crippen molar-refractivity contribution in [1.29, 1.82) is 0 Å². The van der Waals surface area contributed by atoms with Crippen molar-refractivity contribution in [1.82, 2.24) is 5.32 Å². The van der Waals surface area contributed by atoms with Crippen molar-refractivity contribution in [3.8, 4) is 5.75 Å². The molecule has 0 saturated carbocycles. The van der Waals surface area contributed by atoms with Gasteiger partial charge >= 0.3 is 0 Å². The number of ether oxygens (including phenoxy) is 1. The first-order chi connectivity index (χ1) is 10.0. The van der Waals surface area contributed by atoms with Gasteiger partial charge in [-0.25, -0.2) is 0 Å². The number of carbonyl (C=O) groups is 1. The molecule has 0 spiro atoms. The van der Waals surface area contributed by atoms with Crippen molar-refractivity contribution in [2.75, 3.05) is 7.11 Å². The first-order valence-corrected chi connectivity index (χ1v) is 7.99. The van der Waals surface area contributed by atoms with Crippen LogP contribution in [-0.4, -0.2) is 13.0 Å². The Labute approximate surface area is 141 Å². The zero-order valence-corrected chi connectivity index (χ0v) is 14.9. The van der Waals surface area contributed by atoms with Gasteiger partial charge in [-0.1, -0.05) is 28.1 Å². The first kappa shape index (κ1) is 16.0. The van der Waals surface area contributed by atoms with Crippen LogP contribution in [0.1, 0.15) is 28.9 Å². The number of amides is 1. The Bertz CT molecular complexity index is 658. The fraction of sp³-hybridized carbons (Fsp3) is 0.188. The number of hydrogen-bond acceptors (Lipinski definition) is 2. The van der Waals surface area contributed by atoms with E-state index in [-0.39, 0.29) is 11.9 Å². The Morgan fingerprint density at radius 2 is 1.95 bits per heavy atom. The van der Waals surface area contributed by atoms with Crippen molar-refractivity contribution in [2.24, 2.45) is 0 Å². The molecule has 110 valence electrons. The van der Waals surface area contributed by atoms with Crippen LogP contribution in [-0.2, 0) is 0 Å². The monoisotopic (exact) mass is 411 g/mol. The predicted molar refractivity (Wildman–Crippen MR) is 90.7 cm³/mol. The number of carbonyl (C=O) groups excluding carboxylic acids is 1. The van der Waals surface area contributed by atoms with Crippen LogP contribution < -0.4 is 10.1 Å². The molecule has 5 heteroatoms. The molecule has 0 aliphatic carbocycles. The van der Waals surface area contributed by atoms with Gasteiger partial charge in [0.25, 0.3) is 5.91 Å². The van der Waals surface area contributed by atoms with Gasteiger partial charge in [0.1, 0.15) is 5.75 Å². The van der Waals surface area contributed by atoms with Gasteiger partial charge in [0, 0.05) is 8.95 Å². The molecule has 0 aromatic heterocycles. The number of nitrogens with one attached hydrogen (secondary N) is 1. The van der Waals surface area contributed by atoms with E-state index in [1.807, 2.05) is 43.3 Å². The summed E-state index contributed by atoms with van der Waals surface area (Å²) in [5, 5.41) is 2.99. The van der Waals surface area contributed by atoms with Crippen molar-refractivity contribution in [3.05, 3.63) is 62.5 Å². The van der Waals surface area contributed by atoms with Gasteiger partial charge in [-0.05, 0) is 58.7 Å². The van der Waals surface area contributed by atoms with E-state index in [1.165, 1.54) is 0 Å². The average molecular weight is 413 g/mol. The summed E-state index contributed by atoms with van der Waals surface area (Å²) in [6.45, 7) is 1.94. The Morgan fingerprint density at radius 1 is 1.19 bits per heavy atom. The number of halogens is 2. The average Bonchev–Trinajstić information content (AvgIpc) is 2.49. The number of hydrogen-bond donors (Lipinski definition) is 1. The molecule has 0 heterocycles. The van der Waals surface area contributed by atoms with E-state index >= 15 is 0 Å². The molecular weight excluding hydrogens is 398 g/mol. The highest BCUT2D eigenvalue weighted by atomic mass is 79.9. The van der Waals surface area contributed by atoms with Crippen LogP contribution in [0.2, 0.25) is 0 Å². The zero-order chi connectivity index (χ0) is 15.4. The van der Waals surface area contributed by atoms with Crippen molar-refractivity contribution < 1.29 is 9.53 Å². The summed E-state index contributed by atoms with van der Waals surface area (Å²) in [5.74, 6) is 0.649. The van der Waals surface area contributed by atoms with Crippen LogP contribution in [0.4, 0.5) is 0 Å².